The summed E-state index contributed by atoms with van der Waals surface area (Å²) in [5.74, 6) is -0.623. The van der Waals surface area contributed by atoms with E-state index >= 15 is 0 Å². The first-order valence-electron chi connectivity index (χ1n) is 4.59. The van der Waals surface area contributed by atoms with Crippen molar-refractivity contribution in [3.8, 4) is 0 Å². The minimum Gasteiger partial charge on any atom is -0.258 e. The Balaban J connectivity index is 2.22. The van der Waals surface area contributed by atoms with Gasteiger partial charge in [0.05, 0.1) is 5.69 Å². The van der Waals surface area contributed by atoms with Gasteiger partial charge < -0.3 is 0 Å². The van der Waals surface area contributed by atoms with Gasteiger partial charge in [-0.3, -0.25) is 4.98 Å². The molecule has 0 amide bonds. The number of hydrogen-bond acceptors (Lipinski definition) is 1. The maximum atomic E-state index is 13.2. The summed E-state index contributed by atoms with van der Waals surface area (Å²) < 4.78 is 25.8. The van der Waals surface area contributed by atoms with Gasteiger partial charge in [0.2, 0.25) is 0 Å². The molecule has 0 bridgehead atoms. The molecule has 0 saturated heterocycles. The van der Waals surface area contributed by atoms with Crippen molar-refractivity contribution >= 4 is 0 Å². The lowest BCUT2D eigenvalue weighted by Gasteiger charge is -2.01. The summed E-state index contributed by atoms with van der Waals surface area (Å²) in [6.07, 6.45) is 1.93. The van der Waals surface area contributed by atoms with Crippen molar-refractivity contribution in [2.75, 3.05) is 0 Å². The van der Waals surface area contributed by atoms with Crippen molar-refractivity contribution in [1.29, 1.82) is 0 Å². The summed E-state index contributed by atoms with van der Waals surface area (Å²) in [4.78, 5) is 3.93. The first kappa shape index (κ1) is 9.77. The molecule has 15 heavy (non-hydrogen) atoms. The molecular weight excluding hydrogens is 196 g/mol. The molecule has 0 aliphatic carbocycles. The summed E-state index contributed by atoms with van der Waals surface area (Å²) in [5, 5.41) is 0. The van der Waals surface area contributed by atoms with Crippen LogP contribution in [0.1, 0.15) is 11.3 Å². The molecule has 1 heterocycles. The maximum Gasteiger partial charge on any atom is 0.145 e. The molecule has 2 aromatic rings. The summed E-state index contributed by atoms with van der Waals surface area (Å²) in [6.45, 7) is 0. The van der Waals surface area contributed by atoms with Crippen molar-refractivity contribution in [1.82, 2.24) is 4.98 Å². The molecule has 0 spiro atoms. The molecule has 0 atom stereocenters. The Hall–Kier alpha value is -1.77. The normalized spacial score (nSPS) is 10.3. The molecule has 0 unspecified atom stereocenters. The number of rotatable bonds is 2. The predicted octanol–water partition coefficient (Wildman–Crippen LogP) is 2.95. The Kier molecular flexibility index (Phi) is 2.72. The molecule has 0 N–H and O–H groups in total. The number of halogens is 2. The van der Waals surface area contributed by atoms with Gasteiger partial charge in [-0.1, -0.05) is 12.1 Å². The Morgan fingerprint density at radius 1 is 1.00 bits per heavy atom. The highest BCUT2D eigenvalue weighted by molar-refractivity contribution is 5.22. The molecule has 1 aromatic carbocycles. The quantitative estimate of drug-likeness (QED) is 0.734. The zero-order valence-electron chi connectivity index (χ0n) is 7.95. The minimum absolute atomic E-state index is 0.291. The Bertz CT molecular complexity index is 451. The number of hydrogen-bond donors (Lipinski definition) is 0. The molecule has 0 saturated carbocycles. The van der Waals surface area contributed by atoms with Crippen molar-refractivity contribution in [3.63, 3.8) is 0 Å². The van der Waals surface area contributed by atoms with Gasteiger partial charge in [-0.05, 0) is 29.8 Å². The topological polar surface area (TPSA) is 12.9 Å². The van der Waals surface area contributed by atoms with Crippen LogP contribution in [0, 0.1) is 11.6 Å². The molecule has 0 aliphatic heterocycles. The zero-order valence-corrected chi connectivity index (χ0v) is 7.95. The van der Waals surface area contributed by atoms with Crippen LogP contribution < -0.4 is 0 Å². The SMILES string of the molecule is Fc1ccc(Cc2ncccc2F)cc1. The fraction of sp³-hybridized carbons (Fsp3) is 0.0833. The van der Waals surface area contributed by atoms with Crippen LogP contribution in [0.2, 0.25) is 0 Å². The molecule has 0 fully saturated rings. The molecule has 0 radical (unpaired) electrons. The van der Waals surface area contributed by atoms with Crippen molar-refractivity contribution in [2.24, 2.45) is 0 Å². The van der Waals surface area contributed by atoms with Gasteiger partial charge in [0.25, 0.3) is 0 Å². The second-order valence-corrected chi connectivity index (χ2v) is 3.24. The van der Waals surface area contributed by atoms with E-state index in [1.54, 1.807) is 24.4 Å². The standard InChI is InChI=1S/C12H9F2N/c13-10-5-3-9(4-6-10)8-12-11(14)2-1-7-15-12/h1-7H,8H2. The molecule has 1 nitrogen and oxygen atoms in total. The molecule has 0 aliphatic rings. The third kappa shape index (κ3) is 2.37. The highest BCUT2D eigenvalue weighted by Crippen LogP contribution is 2.11. The Labute approximate surface area is 86.4 Å². The van der Waals surface area contributed by atoms with E-state index in [2.05, 4.69) is 4.98 Å². The van der Waals surface area contributed by atoms with Crippen LogP contribution in [0.5, 0.6) is 0 Å². The van der Waals surface area contributed by atoms with Crippen LogP contribution in [0.25, 0.3) is 0 Å². The second kappa shape index (κ2) is 4.17. The van der Waals surface area contributed by atoms with E-state index in [0.29, 0.717) is 12.1 Å². The van der Waals surface area contributed by atoms with E-state index in [4.69, 9.17) is 0 Å². The van der Waals surface area contributed by atoms with Gasteiger partial charge in [-0.25, -0.2) is 8.78 Å². The highest BCUT2D eigenvalue weighted by atomic mass is 19.1. The zero-order chi connectivity index (χ0) is 10.7. The molecule has 2 rings (SSSR count). The summed E-state index contributed by atoms with van der Waals surface area (Å²) in [6, 6.07) is 8.88. The summed E-state index contributed by atoms with van der Waals surface area (Å²) >= 11 is 0. The fourth-order valence-electron chi connectivity index (χ4n) is 1.34. The number of nitrogens with zero attached hydrogens (tertiary/aromatic N) is 1. The second-order valence-electron chi connectivity index (χ2n) is 3.24. The smallest absolute Gasteiger partial charge is 0.145 e. The van der Waals surface area contributed by atoms with Crippen LogP contribution >= 0.6 is 0 Å². The van der Waals surface area contributed by atoms with E-state index in [-0.39, 0.29) is 11.6 Å². The third-order valence-corrected chi connectivity index (χ3v) is 2.12. The lowest BCUT2D eigenvalue weighted by molar-refractivity contribution is 0.603. The van der Waals surface area contributed by atoms with E-state index in [0.717, 1.165) is 5.56 Å². The lowest BCUT2D eigenvalue weighted by Crippen LogP contribution is -1.95. The van der Waals surface area contributed by atoms with Crippen LogP contribution in [0.3, 0.4) is 0 Å². The van der Waals surface area contributed by atoms with E-state index in [9.17, 15) is 8.78 Å². The predicted molar refractivity (Wildman–Crippen MR) is 53.4 cm³/mol. The number of benzene rings is 1. The molecule has 76 valence electrons. The monoisotopic (exact) mass is 205 g/mol. The molecule has 3 heteroatoms. The summed E-state index contributed by atoms with van der Waals surface area (Å²) in [5.41, 5.74) is 1.22. The van der Waals surface area contributed by atoms with Crippen LogP contribution in [0.15, 0.2) is 42.6 Å². The van der Waals surface area contributed by atoms with Gasteiger partial charge in [-0.2, -0.15) is 0 Å². The van der Waals surface area contributed by atoms with Gasteiger partial charge >= 0.3 is 0 Å². The van der Waals surface area contributed by atoms with Crippen molar-refractivity contribution < 1.29 is 8.78 Å². The third-order valence-electron chi connectivity index (χ3n) is 2.12. The van der Waals surface area contributed by atoms with Crippen LogP contribution in [-0.4, -0.2) is 4.98 Å². The first-order valence-corrected chi connectivity index (χ1v) is 4.59. The van der Waals surface area contributed by atoms with Gasteiger partial charge in [-0.15, -0.1) is 0 Å². The highest BCUT2D eigenvalue weighted by Gasteiger charge is 2.03. The largest absolute Gasteiger partial charge is 0.258 e. The average Bonchev–Trinajstić information content (AvgIpc) is 2.25. The minimum atomic E-state index is -0.332. The lowest BCUT2D eigenvalue weighted by atomic mass is 10.1. The van der Waals surface area contributed by atoms with Gasteiger partial charge in [0.1, 0.15) is 11.6 Å². The van der Waals surface area contributed by atoms with Crippen molar-refractivity contribution in [2.45, 2.75) is 6.42 Å². The van der Waals surface area contributed by atoms with Crippen molar-refractivity contribution in [3.05, 3.63) is 65.5 Å². The Morgan fingerprint density at radius 2 is 1.73 bits per heavy atom. The number of aromatic nitrogens is 1. The van der Waals surface area contributed by atoms with Gasteiger partial charge in [0, 0.05) is 12.6 Å². The van der Waals surface area contributed by atoms with E-state index in [1.807, 2.05) is 0 Å². The Morgan fingerprint density at radius 3 is 2.40 bits per heavy atom. The maximum absolute atomic E-state index is 13.2. The van der Waals surface area contributed by atoms with Crippen LogP contribution in [0.4, 0.5) is 8.78 Å². The molecular formula is C12H9F2N. The van der Waals surface area contributed by atoms with E-state index in [1.165, 1.54) is 18.2 Å². The fourth-order valence-corrected chi connectivity index (χ4v) is 1.34. The molecule has 1 aromatic heterocycles. The van der Waals surface area contributed by atoms with E-state index < -0.39 is 0 Å². The van der Waals surface area contributed by atoms with Gasteiger partial charge in [0.15, 0.2) is 0 Å². The van der Waals surface area contributed by atoms with Crippen LogP contribution in [-0.2, 0) is 6.42 Å². The average molecular weight is 205 g/mol. The number of pyridine rings is 1. The first-order chi connectivity index (χ1) is 7.25. The summed E-state index contributed by atoms with van der Waals surface area (Å²) in [7, 11) is 0.